The fourth-order valence-corrected chi connectivity index (χ4v) is 1.68. The lowest BCUT2D eigenvalue weighted by Crippen LogP contribution is -2.10. The lowest BCUT2D eigenvalue weighted by atomic mass is 9.93. The number of rotatable bonds is 5. The standard InChI is InChI=1S/C9H15NO2S/c1-9(2,7-10)4-5-13-6-8(11)12-3/h4-6H2,1-3H3. The van der Waals surface area contributed by atoms with Crippen LogP contribution in [0.5, 0.6) is 0 Å². The van der Waals surface area contributed by atoms with Crippen molar-refractivity contribution in [2.24, 2.45) is 5.41 Å². The second-order valence-electron chi connectivity index (χ2n) is 3.37. The molecular formula is C9H15NO2S. The Morgan fingerprint density at radius 2 is 2.23 bits per heavy atom. The fraction of sp³-hybridized carbons (Fsp3) is 0.778. The molecule has 0 aromatic rings. The van der Waals surface area contributed by atoms with Gasteiger partial charge in [-0.1, -0.05) is 0 Å². The number of nitriles is 1. The maximum absolute atomic E-state index is 10.7. The van der Waals surface area contributed by atoms with Gasteiger partial charge in [0, 0.05) is 0 Å². The number of methoxy groups -OCH3 is 1. The smallest absolute Gasteiger partial charge is 0.315 e. The fourth-order valence-electron chi connectivity index (χ4n) is 0.598. The van der Waals surface area contributed by atoms with Gasteiger partial charge < -0.3 is 4.74 Å². The molecule has 0 aromatic heterocycles. The third-order valence-electron chi connectivity index (χ3n) is 1.62. The number of carbonyl (C=O) groups excluding carboxylic acids is 1. The molecule has 0 aliphatic heterocycles. The third-order valence-corrected chi connectivity index (χ3v) is 2.55. The Balaban J connectivity index is 3.48. The van der Waals surface area contributed by atoms with Crippen LogP contribution in [0, 0.1) is 16.7 Å². The molecule has 0 aliphatic carbocycles. The van der Waals surface area contributed by atoms with Crippen LogP contribution >= 0.6 is 11.8 Å². The largest absolute Gasteiger partial charge is 0.468 e. The molecule has 0 spiro atoms. The van der Waals surface area contributed by atoms with Gasteiger partial charge in [0.15, 0.2) is 0 Å². The van der Waals surface area contributed by atoms with E-state index in [1.807, 2.05) is 13.8 Å². The van der Waals surface area contributed by atoms with Gasteiger partial charge in [-0.3, -0.25) is 4.79 Å². The molecule has 0 N–H and O–H groups in total. The summed E-state index contributed by atoms with van der Waals surface area (Å²) in [7, 11) is 1.38. The van der Waals surface area contributed by atoms with Crippen molar-refractivity contribution < 1.29 is 9.53 Å². The number of carbonyl (C=O) groups is 1. The van der Waals surface area contributed by atoms with E-state index in [-0.39, 0.29) is 11.4 Å². The number of thioether (sulfide) groups is 1. The summed E-state index contributed by atoms with van der Waals surface area (Å²) in [4.78, 5) is 10.7. The van der Waals surface area contributed by atoms with Gasteiger partial charge in [0.1, 0.15) is 0 Å². The highest BCUT2D eigenvalue weighted by Crippen LogP contribution is 2.21. The van der Waals surface area contributed by atoms with Gasteiger partial charge >= 0.3 is 5.97 Å². The Hall–Kier alpha value is -0.690. The minimum Gasteiger partial charge on any atom is -0.468 e. The van der Waals surface area contributed by atoms with E-state index in [4.69, 9.17) is 5.26 Å². The summed E-state index contributed by atoms with van der Waals surface area (Å²) >= 11 is 1.50. The zero-order valence-electron chi connectivity index (χ0n) is 8.29. The van der Waals surface area contributed by atoms with Crippen LogP contribution in [0.25, 0.3) is 0 Å². The lowest BCUT2D eigenvalue weighted by Gasteiger charge is -2.13. The van der Waals surface area contributed by atoms with Gasteiger partial charge in [0.05, 0.1) is 24.3 Å². The molecule has 0 aromatic carbocycles. The molecule has 0 amide bonds. The van der Waals surface area contributed by atoms with Crippen LogP contribution in [-0.2, 0) is 9.53 Å². The number of ether oxygens (including phenoxy) is 1. The average molecular weight is 201 g/mol. The van der Waals surface area contributed by atoms with Crippen molar-refractivity contribution >= 4 is 17.7 Å². The number of hydrogen-bond acceptors (Lipinski definition) is 4. The minimum atomic E-state index is -0.289. The second kappa shape index (κ2) is 5.87. The van der Waals surface area contributed by atoms with Crippen molar-refractivity contribution in [1.29, 1.82) is 5.26 Å². The van der Waals surface area contributed by atoms with E-state index >= 15 is 0 Å². The van der Waals surface area contributed by atoms with Crippen molar-refractivity contribution in [3.8, 4) is 6.07 Å². The van der Waals surface area contributed by atoms with Crippen molar-refractivity contribution in [3.63, 3.8) is 0 Å². The summed E-state index contributed by atoms with van der Waals surface area (Å²) in [6.45, 7) is 3.79. The minimum absolute atomic E-state index is 0.209. The number of esters is 1. The van der Waals surface area contributed by atoms with Crippen LogP contribution in [0.4, 0.5) is 0 Å². The monoisotopic (exact) mass is 201 g/mol. The SMILES string of the molecule is COC(=O)CSCCC(C)(C)C#N. The summed E-state index contributed by atoms with van der Waals surface area (Å²) in [5.74, 6) is 0.980. The van der Waals surface area contributed by atoms with E-state index in [0.717, 1.165) is 12.2 Å². The van der Waals surface area contributed by atoms with E-state index in [0.29, 0.717) is 5.75 Å². The van der Waals surface area contributed by atoms with E-state index in [2.05, 4.69) is 10.8 Å². The number of hydrogen-bond donors (Lipinski definition) is 0. The zero-order valence-corrected chi connectivity index (χ0v) is 9.11. The van der Waals surface area contributed by atoms with Crippen LogP contribution in [0.1, 0.15) is 20.3 Å². The van der Waals surface area contributed by atoms with Crippen molar-refractivity contribution in [2.45, 2.75) is 20.3 Å². The molecular weight excluding hydrogens is 186 g/mol. The summed E-state index contributed by atoms with van der Waals surface area (Å²) < 4.78 is 4.48. The van der Waals surface area contributed by atoms with E-state index in [9.17, 15) is 4.79 Å². The van der Waals surface area contributed by atoms with E-state index < -0.39 is 0 Å². The maximum Gasteiger partial charge on any atom is 0.315 e. The van der Waals surface area contributed by atoms with Crippen LogP contribution < -0.4 is 0 Å². The molecule has 0 saturated heterocycles. The molecule has 0 radical (unpaired) electrons. The van der Waals surface area contributed by atoms with Gasteiger partial charge in [0.2, 0.25) is 0 Å². The van der Waals surface area contributed by atoms with Crippen molar-refractivity contribution in [1.82, 2.24) is 0 Å². The summed E-state index contributed by atoms with van der Waals surface area (Å²) in [5.41, 5.74) is -0.289. The van der Waals surface area contributed by atoms with Gasteiger partial charge in [-0.2, -0.15) is 17.0 Å². The van der Waals surface area contributed by atoms with Gasteiger partial charge in [-0.25, -0.2) is 0 Å². The van der Waals surface area contributed by atoms with E-state index in [1.165, 1.54) is 18.9 Å². The topological polar surface area (TPSA) is 50.1 Å². The Bertz CT molecular complexity index is 208. The quantitative estimate of drug-likeness (QED) is 0.503. The molecule has 0 atom stereocenters. The number of nitrogens with zero attached hydrogens (tertiary/aromatic N) is 1. The molecule has 3 nitrogen and oxygen atoms in total. The molecule has 74 valence electrons. The van der Waals surface area contributed by atoms with Crippen LogP contribution in [0.15, 0.2) is 0 Å². The highest BCUT2D eigenvalue weighted by molar-refractivity contribution is 7.99. The van der Waals surface area contributed by atoms with Gasteiger partial charge in [0.25, 0.3) is 0 Å². The van der Waals surface area contributed by atoms with Crippen molar-refractivity contribution in [2.75, 3.05) is 18.6 Å². The first-order chi connectivity index (χ1) is 6.02. The highest BCUT2D eigenvalue weighted by Gasteiger charge is 2.15. The Kier molecular flexibility index (Phi) is 5.56. The first-order valence-corrected chi connectivity index (χ1v) is 5.23. The molecule has 0 saturated carbocycles. The molecule has 0 fully saturated rings. The molecule has 0 heterocycles. The molecule has 4 heteroatoms. The van der Waals surface area contributed by atoms with Gasteiger partial charge in [-0.15, -0.1) is 0 Å². The summed E-state index contributed by atoms with van der Waals surface area (Å²) in [6.07, 6.45) is 0.797. The normalized spacial score (nSPS) is 10.6. The molecule has 0 rings (SSSR count). The van der Waals surface area contributed by atoms with Crippen LogP contribution in [-0.4, -0.2) is 24.6 Å². The van der Waals surface area contributed by atoms with Crippen LogP contribution in [0.2, 0.25) is 0 Å². The molecule has 0 bridgehead atoms. The van der Waals surface area contributed by atoms with Crippen molar-refractivity contribution in [3.05, 3.63) is 0 Å². The Morgan fingerprint density at radius 1 is 1.62 bits per heavy atom. The Labute approximate surface area is 83.4 Å². The molecule has 0 unspecified atom stereocenters. The third kappa shape index (κ3) is 6.47. The molecule has 13 heavy (non-hydrogen) atoms. The Morgan fingerprint density at radius 3 is 2.69 bits per heavy atom. The highest BCUT2D eigenvalue weighted by atomic mass is 32.2. The first kappa shape index (κ1) is 12.3. The zero-order chi connectivity index (χ0) is 10.3. The summed E-state index contributed by atoms with van der Waals surface area (Å²) in [6, 6.07) is 2.21. The maximum atomic E-state index is 10.7. The molecule has 0 aliphatic rings. The average Bonchev–Trinajstić information content (AvgIpc) is 2.12. The van der Waals surface area contributed by atoms with E-state index in [1.54, 1.807) is 0 Å². The lowest BCUT2D eigenvalue weighted by molar-refractivity contribution is -0.137. The predicted octanol–water partition coefficient (Wildman–Crippen LogP) is 1.83. The second-order valence-corrected chi connectivity index (χ2v) is 4.48. The predicted molar refractivity (Wildman–Crippen MR) is 53.4 cm³/mol. The first-order valence-electron chi connectivity index (χ1n) is 4.07. The summed E-state index contributed by atoms with van der Waals surface area (Å²) in [5, 5.41) is 8.70. The van der Waals surface area contributed by atoms with Gasteiger partial charge in [-0.05, 0) is 26.0 Å². The van der Waals surface area contributed by atoms with Crippen LogP contribution in [0.3, 0.4) is 0 Å².